The minimum absolute atomic E-state index is 0.0854. The first-order valence-corrected chi connectivity index (χ1v) is 10.4. The Kier molecular flexibility index (Phi) is 7.18. The van der Waals surface area contributed by atoms with Gasteiger partial charge in [-0.2, -0.15) is 0 Å². The number of rotatable bonds is 9. The van der Waals surface area contributed by atoms with Crippen LogP contribution in [0.25, 0.3) is 10.9 Å². The summed E-state index contributed by atoms with van der Waals surface area (Å²) < 4.78 is 5.39. The van der Waals surface area contributed by atoms with Crippen molar-refractivity contribution >= 4 is 22.6 Å². The minimum atomic E-state index is -0.234. The van der Waals surface area contributed by atoms with Crippen LogP contribution >= 0.6 is 0 Å². The van der Waals surface area contributed by atoms with E-state index < -0.39 is 0 Å². The maximum atomic E-state index is 12.8. The van der Waals surface area contributed by atoms with Gasteiger partial charge in [0.2, 0.25) is 5.91 Å². The molecule has 7 heteroatoms. The highest BCUT2D eigenvalue weighted by atomic mass is 16.5. The number of amides is 1. The smallest absolute Gasteiger partial charge is 0.258 e. The number of fused-ring (bicyclic) bond motifs is 1. The molecule has 0 bridgehead atoms. The zero-order valence-corrected chi connectivity index (χ0v) is 18.1. The summed E-state index contributed by atoms with van der Waals surface area (Å²) in [6, 6.07) is 13.9. The lowest BCUT2D eigenvalue weighted by Crippen LogP contribution is -2.37. The number of nitrogens with one attached hydrogen (secondary N) is 1. The van der Waals surface area contributed by atoms with Gasteiger partial charge in [0.15, 0.2) is 5.78 Å². The number of ketones is 1. The molecule has 1 aromatic heterocycles. The summed E-state index contributed by atoms with van der Waals surface area (Å²) in [6.07, 6.45) is 0.194. The van der Waals surface area contributed by atoms with Gasteiger partial charge in [0, 0.05) is 24.4 Å². The van der Waals surface area contributed by atoms with E-state index in [2.05, 4.69) is 9.97 Å². The van der Waals surface area contributed by atoms with Gasteiger partial charge in [0.1, 0.15) is 11.6 Å². The molecule has 162 valence electrons. The summed E-state index contributed by atoms with van der Waals surface area (Å²) in [5.74, 6) is 0.865. The van der Waals surface area contributed by atoms with Crippen LogP contribution in [0.5, 0.6) is 5.75 Å². The number of aromatic nitrogens is 2. The topological polar surface area (TPSA) is 92.4 Å². The van der Waals surface area contributed by atoms with Gasteiger partial charge in [-0.25, -0.2) is 4.98 Å². The quantitative estimate of drug-likeness (QED) is 0.532. The fourth-order valence-electron chi connectivity index (χ4n) is 3.34. The van der Waals surface area contributed by atoms with E-state index in [1.54, 1.807) is 47.4 Å². The van der Waals surface area contributed by atoms with Crippen molar-refractivity contribution in [2.75, 3.05) is 6.61 Å². The standard InChI is InChI=1S/C24H27N3O4/c1-4-31-18-11-9-17(10-12-18)21(28)13-14-23(29)27(16(2)3)15-22-25-20-8-6-5-7-19(20)24(30)26-22/h5-12,16H,4,13-15H2,1-3H3,(H,25,26,30). The number of nitrogens with zero attached hydrogens (tertiary/aromatic N) is 2. The highest BCUT2D eigenvalue weighted by Gasteiger charge is 2.20. The van der Waals surface area contributed by atoms with Gasteiger partial charge in [-0.1, -0.05) is 12.1 Å². The van der Waals surface area contributed by atoms with Gasteiger partial charge in [0.25, 0.3) is 5.56 Å². The number of H-pyrrole nitrogens is 1. The van der Waals surface area contributed by atoms with Crippen LogP contribution in [0.2, 0.25) is 0 Å². The van der Waals surface area contributed by atoms with E-state index in [-0.39, 0.29) is 42.7 Å². The number of hydrogen-bond acceptors (Lipinski definition) is 5. The first-order chi connectivity index (χ1) is 14.9. The normalized spacial score (nSPS) is 11.0. The van der Waals surface area contributed by atoms with E-state index in [0.29, 0.717) is 34.6 Å². The molecule has 0 radical (unpaired) electrons. The van der Waals surface area contributed by atoms with Crippen LogP contribution in [0.1, 0.15) is 49.8 Å². The summed E-state index contributed by atoms with van der Waals surface area (Å²) in [4.78, 5) is 46.5. The second-order valence-electron chi connectivity index (χ2n) is 7.53. The molecule has 3 rings (SSSR count). The van der Waals surface area contributed by atoms with E-state index in [4.69, 9.17) is 4.74 Å². The molecule has 0 saturated heterocycles. The third-order valence-corrected chi connectivity index (χ3v) is 4.98. The highest BCUT2D eigenvalue weighted by molar-refractivity contribution is 5.98. The van der Waals surface area contributed by atoms with Crippen LogP contribution < -0.4 is 10.3 Å². The SMILES string of the molecule is CCOc1ccc(C(=O)CCC(=O)N(Cc2nc3ccccc3c(=O)[nH]2)C(C)C)cc1. The van der Waals surface area contributed by atoms with Crippen molar-refractivity contribution in [3.05, 3.63) is 70.3 Å². The second kappa shape index (κ2) is 10.0. The number of benzene rings is 2. The first-order valence-electron chi connectivity index (χ1n) is 10.4. The van der Waals surface area contributed by atoms with Crippen molar-refractivity contribution < 1.29 is 14.3 Å². The largest absolute Gasteiger partial charge is 0.494 e. The van der Waals surface area contributed by atoms with Crippen LogP contribution in [-0.2, 0) is 11.3 Å². The zero-order valence-electron chi connectivity index (χ0n) is 18.1. The third-order valence-electron chi connectivity index (χ3n) is 4.98. The van der Waals surface area contributed by atoms with Gasteiger partial charge in [0.05, 0.1) is 24.1 Å². The first kappa shape index (κ1) is 22.2. The molecular weight excluding hydrogens is 394 g/mol. The van der Waals surface area contributed by atoms with Crippen molar-refractivity contribution in [3.63, 3.8) is 0 Å². The third kappa shape index (κ3) is 5.57. The average Bonchev–Trinajstić information content (AvgIpc) is 2.76. The Morgan fingerprint density at radius 3 is 2.45 bits per heavy atom. The highest BCUT2D eigenvalue weighted by Crippen LogP contribution is 2.16. The molecular formula is C24H27N3O4. The Morgan fingerprint density at radius 2 is 1.77 bits per heavy atom. The molecule has 0 saturated carbocycles. The van der Waals surface area contributed by atoms with Crippen molar-refractivity contribution in [3.8, 4) is 5.75 Å². The Labute approximate surface area is 181 Å². The van der Waals surface area contributed by atoms with E-state index in [9.17, 15) is 14.4 Å². The fourth-order valence-corrected chi connectivity index (χ4v) is 3.34. The molecule has 0 fully saturated rings. The van der Waals surface area contributed by atoms with E-state index in [0.717, 1.165) is 0 Å². The van der Waals surface area contributed by atoms with Crippen molar-refractivity contribution in [2.24, 2.45) is 0 Å². The predicted molar refractivity (Wildman–Crippen MR) is 119 cm³/mol. The molecule has 7 nitrogen and oxygen atoms in total. The fraction of sp³-hybridized carbons (Fsp3) is 0.333. The molecule has 31 heavy (non-hydrogen) atoms. The van der Waals surface area contributed by atoms with E-state index in [1.807, 2.05) is 26.8 Å². The molecule has 1 amide bonds. The zero-order chi connectivity index (χ0) is 22.4. The van der Waals surface area contributed by atoms with Gasteiger partial charge in [-0.05, 0) is 57.2 Å². The van der Waals surface area contributed by atoms with Crippen LogP contribution in [0.15, 0.2) is 53.3 Å². The minimum Gasteiger partial charge on any atom is -0.494 e. The van der Waals surface area contributed by atoms with Gasteiger partial charge >= 0.3 is 0 Å². The lowest BCUT2D eigenvalue weighted by molar-refractivity contribution is -0.133. The summed E-state index contributed by atoms with van der Waals surface area (Å²) in [5.41, 5.74) is 0.901. The van der Waals surface area contributed by atoms with Gasteiger partial charge in [-0.15, -0.1) is 0 Å². The summed E-state index contributed by atoms with van der Waals surface area (Å²) in [5, 5.41) is 0.509. The van der Waals surface area contributed by atoms with Crippen molar-refractivity contribution in [2.45, 2.75) is 46.2 Å². The molecule has 0 spiro atoms. The summed E-state index contributed by atoms with van der Waals surface area (Å²) >= 11 is 0. The molecule has 0 unspecified atom stereocenters. The number of carbonyl (C=O) groups is 2. The van der Waals surface area contributed by atoms with Crippen LogP contribution in [0.3, 0.4) is 0 Å². The molecule has 1 heterocycles. The van der Waals surface area contributed by atoms with Crippen LogP contribution in [0, 0.1) is 0 Å². The number of para-hydroxylation sites is 1. The maximum Gasteiger partial charge on any atom is 0.258 e. The Balaban J connectivity index is 1.66. The molecule has 0 aliphatic rings. The monoisotopic (exact) mass is 421 g/mol. The second-order valence-corrected chi connectivity index (χ2v) is 7.53. The summed E-state index contributed by atoms with van der Waals surface area (Å²) in [7, 11) is 0. The lowest BCUT2D eigenvalue weighted by atomic mass is 10.1. The number of Topliss-reactive ketones (excluding diaryl/α,β-unsaturated/α-hetero) is 1. The van der Waals surface area contributed by atoms with Gasteiger partial charge in [-0.3, -0.25) is 14.4 Å². The Bertz CT molecular complexity index is 1120. The van der Waals surface area contributed by atoms with E-state index >= 15 is 0 Å². The van der Waals surface area contributed by atoms with Crippen molar-refractivity contribution in [1.29, 1.82) is 0 Å². The number of aromatic amines is 1. The predicted octanol–water partition coefficient (Wildman–Crippen LogP) is 3.72. The molecule has 2 aromatic carbocycles. The van der Waals surface area contributed by atoms with Crippen LogP contribution in [-0.4, -0.2) is 39.2 Å². The molecule has 0 aliphatic heterocycles. The number of hydrogen-bond donors (Lipinski definition) is 1. The Morgan fingerprint density at radius 1 is 1.06 bits per heavy atom. The molecule has 1 N–H and O–H groups in total. The molecule has 0 aliphatic carbocycles. The number of ether oxygens (including phenoxy) is 1. The Hall–Kier alpha value is -3.48. The summed E-state index contributed by atoms with van der Waals surface area (Å²) in [6.45, 7) is 6.42. The average molecular weight is 421 g/mol. The van der Waals surface area contributed by atoms with Crippen LogP contribution in [0.4, 0.5) is 0 Å². The van der Waals surface area contributed by atoms with Crippen molar-refractivity contribution in [1.82, 2.24) is 14.9 Å². The molecule has 3 aromatic rings. The number of carbonyl (C=O) groups excluding carboxylic acids is 2. The van der Waals surface area contributed by atoms with E-state index in [1.165, 1.54) is 0 Å². The molecule has 0 atom stereocenters. The lowest BCUT2D eigenvalue weighted by Gasteiger charge is -2.26. The van der Waals surface area contributed by atoms with Gasteiger partial charge < -0.3 is 14.6 Å². The maximum absolute atomic E-state index is 12.8.